The summed E-state index contributed by atoms with van der Waals surface area (Å²) in [7, 11) is -3.68. The summed E-state index contributed by atoms with van der Waals surface area (Å²) in [4.78, 5) is 4.08. The molecule has 0 saturated heterocycles. The van der Waals surface area contributed by atoms with E-state index >= 15 is 0 Å². The fraction of sp³-hybridized carbons (Fsp3) is 0.300. The number of aliphatic imine (C=N–C) groups is 1. The first kappa shape index (κ1) is 13.1. The van der Waals surface area contributed by atoms with Gasteiger partial charge in [0.15, 0.2) is 0 Å². The number of hydrogen-bond donors (Lipinski definition) is 3. The normalized spacial score (nSPS) is 20.7. The van der Waals surface area contributed by atoms with E-state index in [-0.39, 0.29) is 17.5 Å². The van der Waals surface area contributed by atoms with Gasteiger partial charge in [0.1, 0.15) is 4.90 Å². The highest BCUT2D eigenvalue weighted by molar-refractivity contribution is 7.90. The van der Waals surface area contributed by atoms with Crippen LogP contribution in [-0.4, -0.2) is 32.1 Å². The van der Waals surface area contributed by atoms with Crippen molar-refractivity contribution in [2.75, 3.05) is 11.9 Å². The van der Waals surface area contributed by atoms with Crippen LogP contribution < -0.4 is 10.0 Å². The Morgan fingerprint density at radius 2 is 2.22 bits per heavy atom. The van der Waals surface area contributed by atoms with Gasteiger partial charge in [-0.15, -0.1) is 0 Å². The van der Waals surface area contributed by atoms with Crippen LogP contribution >= 0.6 is 11.6 Å². The lowest BCUT2D eigenvalue weighted by Crippen LogP contribution is -2.41. The van der Waals surface area contributed by atoms with Crippen LogP contribution in [0.25, 0.3) is 0 Å². The third-order valence-electron chi connectivity index (χ3n) is 2.33. The van der Waals surface area contributed by atoms with Crippen molar-refractivity contribution in [3.63, 3.8) is 0 Å². The Labute approximate surface area is 110 Å². The fourth-order valence-electron chi connectivity index (χ4n) is 1.48. The number of hydrogen-bond acceptors (Lipinski definition) is 4. The molecule has 1 heterocycles. The average molecular weight is 290 g/mol. The zero-order chi connectivity index (χ0) is 13.3. The number of benzene rings is 1. The van der Waals surface area contributed by atoms with Gasteiger partial charge in [-0.1, -0.05) is 11.6 Å². The molecule has 0 saturated carbocycles. The molecule has 1 aromatic carbocycles. The molecule has 0 bridgehead atoms. The monoisotopic (exact) mass is 289 g/mol. The summed E-state index contributed by atoms with van der Waals surface area (Å²) >= 11 is 5.76. The molecule has 1 aromatic rings. The van der Waals surface area contributed by atoms with Gasteiger partial charge in [-0.2, -0.15) is 0 Å². The molecular formula is C10H12ClN3O3S. The summed E-state index contributed by atoms with van der Waals surface area (Å²) in [6.45, 7) is 1.50. The molecule has 3 N–H and O–H groups in total. The number of anilines is 1. The maximum Gasteiger partial charge on any atom is 0.266 e. The molecular weight excluding hydrogens is 278 g/mol. The van der Waals surface area contributed by atoms with Crippen LogP contribution in [0.5, 0.6) is 0 Å². The van der Waals surface area contributed by atoms with E-state index < -0.39 is 16.1 Å². The van der Waals surface area contributed by atoms with Gasteiger partial charge in [-0.25, -0.2) is 18.1 Å². The van der Waals surface area contributed by atoms with E-state index in [2.05, 4.69) is 15.0 Å². The minimum atomic E-state index is -3.68. The maximum atomic E-state index is 12.0. The van der Waals surface area contributed by atoms with Crippen molar-refractivity contribution >= 4 is 33.3 Å². The van der Waals surface area contributed by atoms with Crippen molar-refractivity contribution in [3.8, 4) is 0 Å². The smallest absolute Gasteiger partial charge is 0.266 e. The minimum Gasteiger partial charge on any atom is -0.394 e. The van der Waals surface area contributed by atoms with Crippen LogP contribution in [0, 0.1) is 0 Å². The van der Waals surface area contributed by atoms with Crippen LogP contribution in [0.4, 0.5) is 5.69 Å². The second kappa shape index (κ2) is 4.75. The molecule has 0 aromatic heterocycles. The third-order valence-corrected chi connectivity index (χ3v) is 3.94. The number of aliphatic hydroxyl groups is 1. The Bertz CT molecular complexity index is 600. The van der Waals surface area contributed by atoms with Crippen molar-refractivity contribution in [3.05, 3.63) is 23.2 Å². The van der Waals surface area contributed by atoms with E-state index in [1.807, 2.05) is 0 Å². The summed E-state index contributed by atoms with van der Waals surface area (Å²) < 4.78 is 26.2. The first-order valence-corrected chi connectivity index (χ1v) is 7.06. The molecule has 0 spiro atoms. The summed E-state index contributed by atoms with van der Waals surface area (Å²) in [5, 5.41) is 12.1. The van der Waals surface area contributed by atoms with E-state index in [1.54, 1.807) is 19.1 Å². The van der Waals surface area contributed by atoms with Crippen molar-refractivity contribution in [2.45, 2.75) is 17.9 Å². The maximum absolute atomic E-state index is 12.0. The molecule has 1 aliphatic rings. The highest BCUT2D eigenvalue weighted by Gasteiger charge is 2.26. The van der Waals surface area contributed by atoms with Crippen LogP contribution in [0.15, 0.2) is 28.1 Å². The van der Waals surface area contributed by atoms with Crippen LogP contribution in [-0.2, 0) is 10.0 Å². The number of rotatable bonds is 2. The van der Waals surface area contributed by atoms with Gasteiger partial charge in [0.25, 0.3) is 10.0 Å². The van der Waals surface area contributed by atoms with Gasteiger partial charge in [-0.05, 0) is 25.1 Å². The predicted octanol–water partition coefficient (Wildman–Crippen LogP) is 0.781. The molecule has 6 nitrogen and oxygen atoms in total. The standard InChI is InChI=1S/C10H12ClN3O3S/c1-6(5-15)12-10-13-8-3-2-7(11)4-9(8)18(16,17)14-10/h2-4,6,15H,5H2,1H3,(H2,12,13,14). The molecule has 8 heteroatoms. The summed E-state index contributed by atoms with van der Waals surface area (Å²) in [5.74, 6) is 0.0892. The second-order valence-corrected chi connectivity index (χ2v) is 5.97. The SMILES string of the molecule is CC(CO)N=C1Nc2ccc(Cl)cc2S(=O)(=O)N1. The number of nitrogens with one attached hydrogen (secondary N) is 2. The first-order chi connectivity index (χ1) is 8.42. The third kappa shape index (κ3) is 2.58. The van der Waals surface area contributed by atoms with Gasteiger partial charge >= 0.3 is 0 Å². The number of halogens is 1. The van der Waals surface area contributed by atoms with Gasteiger partial charge < -0.3 is 10.4 Å². The van der Waals surface area contributed by atoms with Gasteiger partial charge in [-0.3, -0.25) is 0 Å². The molecule has 1 atom stereocenters. The minimum absolute atomic E-state index is 0.0746. The molecule has 98 valence electrons. The lowest BCUT2D eigenvalue weighted by molar-refractivity contribution is 0.274. The zero-order valence-corrected chi connectivity index (χ0v) is 11.1. The summed E-state index contributed by atoms with van der Waals surface area (Å²) in [6.07, 6.45) is 0. The Kier molecular flexibility index (Phi) is 3.47. The number of aliphatic hydroxyl groups excluding tert-OH is 1. The lowest BCUT2D eigenvalue weighted by Gasteiger charge is -2.22. The Morgan fingerprint density at radius 1 is 1.50 bits per heavy atom. The van der Waals surface area contributed by atoms with Gasteiger partial charge in [0, 0.05) is 5.02 Å². The number of nitrogens with zero attached hydrogens (tertiary/aromatic N) is 1. The molecule has 0 fully saturated rings. The lowest BCUT2D eigenvalue weighted by atomic mass is 10.3. The molecule has 18 heavy (non-hydrogen) atoms. The Hall–Kier alpha value is -1.31. The molecule has 0 amide bonds. The van der Waals surface area contributed by atoms with Crippen LogP contribution in [0.3, 0.4) is 0 Å². The van der Waals surface area contributed by atoms with E-state index in [0.29, 0.717) is 10.7 Å². The Morgan fingerprint density at radius 3 is 2.89 bits per heavy atom. The molecule has 0 aliphatic carbocycles. The summed E-state index contributed by atoms with van der Waals surface area (Å²) in [6, 6.07) is 4.11. The highest BCUT2D eigenvalue weighted by Crippen LogP contribution is 2.27. The van der Waals surface area contributed by atoms with Crippen molar-refractivity contribution in [1.82, 2.24) is 4.72 Å². The van der Waals surface area contributed by atoms with E-state index in [4.69, 9.17) is 16.7 Å². The van der Waals surface area contributed by atoms with Crippen molar-refractivity contribution in [2.24, 2.45) is 4.99 Å². The average Bonchev–Trinajstić information content (AvgIpc) is 2.29. The number of sulfonamides is 1. The van der Waals surface area contributed by atoms with E-state index in [1.165, 1.54) is 6.07 Å². The van der Waals surface area contributed by atoms with E-state index in [0.717, 1.165) is 0 Å². The highest BCUT2D eigenvalue weighted by atomic mass is 35.5. The largest absolute Gasteiger partial charge is 0.394 e. The Balaban J connectivity index is 2.45. The number of guanidine groups is 1. The zero-order valence-electron chi connectivity index (χ0n) is 9.51. The van der Waals surface area contributed by atoms with Crippen molar-refractivity contribution in [1.29, 1.82) is 0 Å². The molecule has 2 rings (SSSR count). The van der Waals surface area contributed by atoms with Crippen LogP contribution in [0.1, 0.15) is 6.92 Å². The number of fused-ring (bicyclic) bond motifs is 1. The second-order valence-electron chi connectivity index (χ2n) is 3.88. The fourth-order valence-corrected chi connectivity index (χ4v) is 2.87. The molecule has 0 radical (unpaired) electrons. The van der Waals surface area contributed by atoms with E-state index in [9.17, 15) is 8.42 Å². The quantitative estimate of drug-likeness (QED) is 0.750. The molecule has 1 unspecified atom stereocenters. The first-order valence-electron chi connectivity index (χ1n) is 5.20. The summed E-state index contributed by atoms with van der Waals surface area (Å²) in [5.41, 5.74) is 0.405. The predicted molar refractivity (Wildman–Crippen MR) is 69.4 cm³/mol. The van der Waals surface area contributed by atoms with Crippen molar-refractivity contribution < 1.29 is 13.5 Å². The van der Waals surface area contributed by atoms with Gasteiger partial charge in [0.2, 0.25) is 5.96 Å². The van der Waals surface area contributed by atoms with Gasteiger partial charge in [0.05, 0.1) is 18.3 Å². The molecule has 1 aliphatic heterocycles. The topological polar surface area (TPSA) is 90.8 Å². The van der Waals surface area contributed by atoms with Crippen LogP contribution in [0.2, 0.25) is 5.02 Å².